The Bertz CT molecular complexity index is 784. The van der Waals surface area contributed by atoms with E-state index >= 15 is 0 Å². The standard InChI is InChI=1S/C15H14F3N3O3/c1-7-11(13(22)20-8(2)14(23)24)21-12(19-7)9-4-3-5-10(6-9)15(16,17)18/h3-6,8H,1-2H3,(H,19,21)(H,20,22)(H,23,24)/t8-/m1/s1. The molecule has 1 aromatic heterocycles. The van der Waals surface area contributed by atoms with Gasteiger partial charge in [-0.15, -0.1) is 0 Å². The second-order valence-electron chi connectivity index (χ2n) is 5.17. The lowest BCUT2D eigenvalue weighted by Gasteiger charge is -2.08. The highest BCUT2D eigenvalue weighted by molar-refractivity contribution is 5.96. The Labute approximate surface area is 134 Å². The van der Waals surface area contributed by atoms with E-state index in [1.165, 1.54) is 26.0 Å². The second-order valence-corrected chi connectivity index (χ2v) is 5.17. The highest BCUT2D eigenvalue weighted by atomic mass is 19.4. The van der Waals surface area contributed by atoms with E-state index in [1.54, 1.807) is 0 Å². The average Bonchev–Trinajstić information content (AvgIpc) is 2.88. The maximum atomic E-state index is 12.8. The first-order chi connectivity index (χ1) is 11.1. The Morgan fingerprint density at radius 3 is 2.58 bits per heavy atom. The van der Waals surface area contributed by atoms with Gasteiger partial charge in [0.15, 0.2) is 0 Å². The van der Waals surface area contributed by atoms with Gasteiger partial charge >= 0.3 is 12.1 Å². The number of aliphatic carboxylic acids is 1. The van der Waals surface area contributed by atoms with Gasteiger partial charge in [0.1, 0.15) is 17.6 Å². The normalized spacial score (nSPS) is 12.7. The van der Waals surface area contributed by atoms with E-state index in [2.05, 4.69) is 15.3 Å². The molecule has 1 amide bonds. The van der Waals surface area contributed by atoms with Crippen LogP contribution < -0.4 is 5.32 Å². The van der Waals surface area contributed by atoms with Crippen LogP contribution in [0.3, 0.4) is 0 Å². The van der Waals surface area contributed by atoms with Crippen LogP contribution in [0.2, 0.25) is 0 Å². The summed E-state index contributed by atoms with van der Waals surface area (Å²) in [5.41, 5.74) is -0.425. The lowest BCUT2D eigenvalue weighted by atomic mass is 10.1. The van der Waals surface area contributed by atoms with Crippen LogP contribution in [0.4, 0.5) is 13.2 Å². The van der Waals surface area contributed by atoms with Crippen LogP contribution in [0, 0.1) is 6.92 Å². The third kappa shape index (κ3) is 3.73. The number of aromatic nitrogens is 2. The number of alkyl halides is 3. The van der Waals surface area contributed by atoms with Gasteiger partial charge in [-0.25, -0.2) is 4.98 Å². The van der Waals surface area contributed by atoms with Crippen molar-refractivity contribution in [1.82, 2.24) is 15.3 Å². The van der Waals surface area contributed by atoms with Gasteiger partial charge in [0.2, 0.25) is 0 Å². The fourth-order valence-corrected chi connectivity index (χ4v) is 1.99. The average molecular weight is 341 g/mol. The zero-order chi connectivity index (χ0) is 18.1. The van der Waals surface area contributed by atoms with E-state index in [-0.39, 0.29) is 17.1 Å². The van der Waals surface area contributed by atoms with Gasteiger partial charge in [-0.05, 0) is 26.0 Å². The Kier molecular flexibility index (Phi) is 4.63. The SMILES string of the molecule is Cc1[nH]c(-c2cccc(C(F)(F)F)c2)nc1C(=O)N[C@H](C)C(=O)O. The Balaban J connectivity index is 2.32. The van der Waals surface area contributed by atoms with Crippen molar-refractivity contribution in [3.63, 3.8) is 0 Å². The van der Waals surface area contributed by atoms with Crippen LogP contribution >= 0.6 is 0 Å². The summed E-state index contributed by atoms with van der Waals surface area (Å²) in [5, 5.41) is 11.0. The van der Waals surface area contributed by atoms with E-state index in [4.69, 9.17) is 5.11 Å². The molecule has 0 saturated heterocycles. The van der Waals surface area contributed by atoms with Gasteiger partial charge < -0.3 is 15.4 Å². The molecular formula is C15H14F3N3O3. The topological polar surface area (TPSA) is 95.1 Å². The molecule has 1 heterocycles. The van der Waals surface area contributed by atoms with Gasteiger partial charge in [-0.1, -0.05) is 12.1 Å². The van der Waals surface area contributed by atoms with E-state index in [9.17, 15) is 22.8 Å². The largest absolute Gasteiger partial charge is 0.480 e. The Hall–Kier alpha value is -2.84. The third-order valence-corrected chi connectivity index (χ3v) is 3.28. The molecule has 1 aromatic carbocycles. The molecule has 6 nitrogen and oxygen atoms in total. The predicted molar refractivity (Wildman–Crippen MR) is 78.3 cm³/mol. The number of carboxylic acids is 1. The minimum atomic E-state index is -4.49. The maximum absolute atomic E-state index is 12.8. The molecule has 0 fully saturated rings. The number of carbonyl (C=O) groups excluding carboxylic acids is 1. The van der Waals surface area contributed by atoms with Crippen LogP contribution in [0.25, 0.3) is 11.4 Å². The van der Waals surface area contributed by atoms with Gasteiger partial charge in [-0.3, -0.25) is 9.59 Å². The van der Waals surface area contributed by atoms with Gasteiger partial charge in [-0.2, -0.15) is 13.2 Å². The molecule has 0 aliphatic rings. The fourth-order valence-electron chi connectivity index (χ4n) is 1.99. The lowest BCUT2D eigenvalue weighted by Crippen LogP contribution is -2.38. The summed E-state index contributed by atoms with van der Waals surface area (Å²) in [6.45, 7) is 2.81. The number of halogens is 3. The number of imidazole rings is 1. The molecule has 3 N–H and O–H groups in total. The van der Waals surface area contributed by atoms with Crippen molar-refractivity contribution in [3.8, 4) is 11.4 Å². The molecule has 0 spiro atoms. The number of carboxylic acid groups (broad SMARTS) is 1. The first-order valence-electron chi connectivity index (χ1n) is 6.87. The summed E-state index contributed by atoms with van der Waals surface area (Å²) in [4.78, 5) is 29.5. The molecule has 0 radical (unpaired) electrons. The van der Waals surface area contributed by atoms with Crippen molar-refractivity contribution in [3.05, 3.63) is 41.2 Å². The Morgan fingerprint density at radius 1 is 1.33 bits per heavy atom. The molecule has 128 valence electrons. The number of nitrogens with one attached hydrogen (secondary N) is 2. The van der Waals surface area contributed by atoms with Gasteiger partial charge in [0, 0.05) is 11.3 Å². The summed E-state index contributed by atoms with van der Waals surface area (Å²) in [5.74, 6) is -1.85. The molecular weight excluding hydrogens is 327 g/mol. The first-order valence-corrected chi connectivity index (χ1v) is 6.87. The van der Waals surface area contributed by atoms with Crippen molar-refractivity contribution in [1.29, 1.82) is 0 Å². The van der Waals surface area contributed by atoms with Crippen molar-refractivity contribution in [2.75, 3.05) is 0 Å². The maximum Gasteiger partial charge on any atom is 0.416 e. The highest BCUT2D eigenvalue weighted by Gasteiger charge is 2.30. The second kappa shape index (κ2) is 6.34. The summed E-state index contributed by atoms with van der Waals surface area (Å²) in [6.07, 6.45) is -4.49. The summed E-state index contributed by atoms with van der Waals surface area (Å²) in [6, 6.07) is 3.39. The smallest absolute Gasteiger partial charge is 0.416 e. The highest BCUT2D eigenvalue weighted by Crippen LogP contribution is 2.31. The number of carbonyl (C=O) groups is 2. The van der Waals surface area contributed by atoms with Crippen molar-refractivity contribution in [2.45, 2.75) is 26.1 Å². The number of rotatable bonds is 4. The van der Waals surface area contributed by atoms with Crippen LogP contribution in [-0.4, -0.2) is 33.0 Å². The van der Waals surface area contributed by atoms with Crippen LogP contribution in [0.5, 0.6) is 0 Å². The first kappa shape index (κ1) is 17.5. The number of nitrogens with zero attached hydrogens (tertiary/aromatic N) is 1. The van der Waals surface area contributed by atoms with Crippen LogP contribution in [0.1, 0.15) is 28.7 Å². The molecule has 2 rings (SSSR count). The zero-order valence-corrected chi connectivity index (χ0v) is 12.7. The molecule has 0 saturated carbocycles. The molecule has 0 unspecified atom stereocenters. The summed E-state index contributed by atoms with van der Waals surface area (Å²) < 4.78 is 38.3. The lowest BCUT2D eigenvalue weighted by molar-refractivity contribution is -0.139. The number of aryl methyl sites for hydroxylation is 1. The number of hydrogen-bond donors (Lipinski definition) is 3. The van der Waals surface area contributed by atoms with Gasteiger partial charge in [0.05, 0.1) is 5.56 Å². The van der Waals surface area contributed by atoms with E-state index in [1.807, 2.05) is 0 Å². The number of H-pyrrole nitrogens is 1. The van der Waals surface area contributed by atoms with E-state index in [0.717, 1.165) is 12.1 Å². The van der Waals surface area contributed by atoms with E-state index < -0.39 is 29.7 Å². The molecule has 9 heteroatoms. The molecule has 0 aliphatic heterocycles. The van der Waals surface area contributed by atoms with Crippen molar-refractivity contribution < 1.29 is 27.9 Å². The van der Waals surface area contributed by atoms with Crippen molar-refractivity contribution in [2.24, 2.45) is 0 Å². The minimum absolute atomic E-state index is 0.0736. The van der Waals surface area contributed by atoms with Crippen LogP contribution in [-0.2, 0) is 11.0 Å². The quantitative estimate of drug-likeness (QED) is 0.797. The number of benzene rings is 1. The zero-order valence-electron chi connectivity index (χ0n) is 12.7. The molecule has 24 heavy (non-hydrogen) atoms. The number of amides is 1. The molecule has 0 bridgehead atoms. The Morgan fingerprint density at radius 2 is 2.00 bits per heavy atom. The third-order valence-electron chi connectivity index (χ3n) is 3.28. The van der Waals surface area contributed by atoms with Gasteiger partial charge in [0.25, 0.3) is 5.91 Å². The predicted octanol–water partition coefficient (Wildman–Crippen LogP) is 2.61. The summed E-state index contributed by atoms with van der Waals surface area (Å²) >= 11 is 0. The molecule has 1 atom stereocenters. The minimum Gasteiger partial charge on any atom is -0.480 e. The number of hydrogen-bond acceptors (Lipinski definition) is 3. The molecule has 0 aliphatic carbocycles. The fraction of sp³-hybridized carbons (Fsp3) is 0.267. The monoisotopic (exact) mass is 341 g/mol. The van der Waals surface area contributed by atoms with E-state index in [0.29, 0.717) is 5.69 Å². The van der Waals surface area contributed by atoms with Crippen molar-refractivity contribution >= 4 is 11.9 Å². The summed E-state index contributed by atoms with van der Waals surface area (Å²) in [7, 11) is 0. The van der Waals surface area contributed by atoms with Crippen LogP contribution in [0.15, 0.2) is 24.3 Å². The molecule has 2 aromatic rings. The number of aromatic amines is 1.